The van der Waals surface area contributed by atoms with Gasteiger partial charge < -0.3 is 14.2 Å². The Balaban J connectivity index is 1.56. The SMILES string of the molecule is CCOc1cc(C=NNC(=O)COc2ccccc2[N+](=O)[O-])ccc1OCc1ccc(Cl)cc1. The maximum Gasteiger partial charge on any atom is 0.310 e. The molecule has 3 rings (SSSR count). The van der Waals surface area contributed by atoms with Gasteiger partial charge in [0.25, 0.3) is 5.91 Å². The van der Waals surface area contributed by atoms with Crippen LogP contribution in [0.2, 0.25) is 5.02 Å². The van der Waals surface area contributed by atoms with E-state index >= 15 is 0 Å². The Morgan fingerprint density at radius 3 is 2.53 bits per heavy atom. The highest BCUT2D eigenvalue weighted by molar-refractivity contribution is 6.30. The zero-order valence-corrected chi connectivity index (χ0v) is 19.0. The fourth-order valence-corrected chi connectivity index (χ4v) is 2.94. The first kappa shape index (κ1) is 24.5. The molecule has 3 aromatic rings. The number of nitrogens with one attached hydrogen (secondary N) is 1. The van der Waals surface area contributed by atoms with Crippen molar-refractivity contribution in [3.63, 3.8) is 0 Å². The monoisotopic (exact) mass is 483 g/mol. The highest BCUT2D eigenvalue weighted by Gasteiger charge is 2.14. The summed E-state index contributed by atoms with van der Waals surface area (Å²) < 4.78 is 16.8. The smallest absolute Gasteiger partial charge is 0.310 e. The summed E-state index contributed by atoms with van der Waals surface area (Å²) in [6.45, 7) is 2.23. The lowest BCUT2D eigenvalue weighted by atomic mass is 10.2. The van der Waals surface area contributed by atoms with Gasteiger partial charge in [-0.25, -0.2) is 5.43 Å². The second kappa shape index (κ2) is 12.2. The van der Waals surface area contributed by atoms with Crippen molar-refractivity contribution in [3.05, 3.63) is 93.0 Å². The highest BCUT2D eigenvalue weighted by Crippen LogP contribution is 2.29. The minimum Gasteiger partial charge on any atom is -0.490 e. The van der Waals surface area contributed by atoms with Crippen LogP contribution in [-0.4, -0.2) is 30.3 Å². The Kier molecular flexibility index (Phi) is 8.81. The topological polar surface area (TPSA) is 112 Å². The average Bonchev–Trinajstić information content (AvgIpc) is 2.83. The lowest BCUT2D eigenvalue weighted by molar-refractivity contribution is -0.385. The number of carbonyl (C=O) groups excluding carboxylic acids is 1. The van der Waals surface area contributed by atoms with Crippen LogP contribution in [0.4, 0.5) is 5.69 Å². The first-order valence-corrected chi connectivity index (χ1v) is 10.7. The van der Waals surface area contributed by atoms with Gasteiger partial charge in [-0.15, -0.1) is 0 Å². The summed E-state index contributed by atoms with van der Waals surface area (Å²) in [4.78, 5) is 22.4. The maximum absolute atomic E-state index is 12.0. The van der Waals surface area contributed by atoms with Crippen molar-refractivity contribution < 1.29 is 23.9 Å². The molecule has 0 saturated heterocycles. The number of halogens is 1. The number of nitrogens with zero attached hydrogens (tertiary/aromatic N) is 2. The van der Waals surface area contributed by atoms with Crippen molar-refractivity contribution in [2.75, 3.05) is 13.2 Å². The minimum atomic E-state index is -0.579. The number of nitro benzene ring substituents is 1. The number of hydrogen-bond acceptors (Lipinski definition) is 7. The standard InChI is InChI=1S/C24H22ClN3O6/c1-2-32-23-13-18(9-12-22(23)33-15-17-7-10-19(25)11-8-17)14-26-27-24(29)16-34-21-6-4-3-5-20(21)28(30)31/h3-14H,2,15-16H2,1H3,(H,27,29). The van der Waals surface area contributed by atoms with E-state index in [1.165, 1.54) is 24.4 Å². The summed E-state index contributed by atoms with van der Waals surface area (Å²) in [5.74, 6) is 0.534. The van der Waals surface area contributed by atoms with E-state index in [1.54, 1.807) is 36.4 Å². The lowest BCUT2D eigenvalue weighted by Crippen LogP contribution is -2.24. The molecule has 0 fully saturated rings. The Bertz CT molecular complexity index is 1170. The fourth-order valence-electron chi connectivity index (χ4n) is 2.82. The highest BCUT2D eigenvalue weighted by atomic mass is 35.5. The zero-order chi connectivity index (χ0) is 24.3. The zero-order valence-electron chi connectivity index (χ0n) is 18.3. The number of hydrazone groups is 1. The van der Waals surface area contributed by atoms with Gasteiger partial charge in [0, 0.05) is 11.1 Å². The largest absolute Gasteiger partial charge is 0.490 e. The fraction of sp³-hybridized carbons (Fsp3) is 0.167. The molecule has 0 aliphatic heterocycles. The van der Waals surface area contributed by atoms with E-state index < -0.39 is 17.4 Å². The third-order valence-electron chi connectivity index (χ3n) is 4.40. The van der Waals surface area contributed by atoms with Gasteiger partial charge in [0.1, 0.15) is 6.61 Å². The molecule has 3 aromatic carbocycles. The van der Waals surface area contributed by atoms with Gasteiger partial charge in [0.2, 0.25) is 0 Å². The van der Waals surface area contributed by atoms with Crippen LogP contribution in [0.1, 0.15) is 18.1 Å². The van der Waals surface area contributed by atoms with Gasteiger partial charge >= 0.3 is 5.69 Å². The van der Waals surface area contributed by atoms with Crippen LogP contribution in [0.15, 0.2) is 71.8 Å². The van der Waals surface area contributed by atoms with Crippen LogP contribution in [-0.2, 0) is 11.4 Å². The number of benzene rings is 3. The summed E-state index contributed by atoms with van der Waals surface area (Å²) in [5.41, 5.74) is 3.73. The molecule has 9 nitrogen and oxygen atoms in total. The molecule has 0 aromatic heterocycles. The molecule has 0 spiro atoms. The Morgan fingerprint density at radius 1 is 1.03 bits per heavy atom. The normalized spacial score (nSPS) is 10.6. The van der Waals surface area contributed by atoms with Crippen LogP contribution in [0, 0.1) is 10.1 Å². The summed E-state index contributed by atoms with van der Waals surface area (Å²) in [7, 11) is 0. The van der Waals surface area contributed by atoms with Crippen LogP contribution in [0.25, 0.3) is 0 Å². The van der Waals surface area contributed by atoms with Crippen LogP contribution >= 0.6 is 11.6 Å². The van der Waals surface area contributed by atoms with Gasteiger partial charge in [-0.1, -0.05) is 35.9 Å². The second-order valence-corrected chi connectivity index (χ2v) is 7.30. The van der Waals surface area contributed by atoms with Crippen molar-refractivity contribution in [3.8, 4) is 17.2 Å². The molecular weight excluding hydrogens is 462 g/mol. The maximum atomic E-state index is 12.0. The number of amides is 1. The Labute approximate surface area is 201 Å². The molecule has 34 heavy (non-hydrogen) atoms. The number of rotatable bonds is 11. The first-order chi connectivity index (χ1) is 16.5. The van der Waals surface area contributed by atoms with Gasteiger partial charge in [0.05, 0.1) is 17.7 Å². The molecule has 0 bridgehead atoms. The molecule has 0 aliphatic rings. The number of nitro groups is 1. The van der Waals surface area contributed by atoms with E-state index in [0.29, 0.717) is 35.3 Å². The van der Waals surface area contributed by atoms with Crippen molar-refractivity contribution in [1.82, 2.24) is 5.43 Å². The minimum absolute atomic E-state index is 0.00201. The third-order valence-corrected chi connectivity index (χ3v) is 4.65. The van der Waals surface area contributed by atoms with E-state index in [0.717, 1.165) is 5.56 Å². The molecule has 0 atom stereocenters. The molecule has 0 saturated carbocycles. The molecule has 0 radical (unpaired) electrons. The summed E-state index contributed by atoms with van der Waals surface area (Å²) in [6, 6.07) is 18.4. The van der Waals surface area contributed by atoms with Crippen LogP contribution in [0.5, 0.6) is 17.2 Å². The summed E-state index contributed by atoms with van der Waals surface area (Å²) in [5, 5.41) is 15.5. The molecule has 176 valence electrons. The van der Waals surface area contributed by atoms with Gasteiger partial charge in [0.15, 0.2) is 23.9 Å². The van der Waals surface area contributed by atoms with Crippen molar-refractivity contribution in [2.24, 2.45) is 5.10 Å². The summed E-state index contributed by atoms with van der Waals surface area (Å²) in [6.07, 6.45) is 1.44. The number of hydrogen-bond donors (Lipinski definition) is 1. The predicted octanol–water partition coefficient (Wildman–Crippen LogP) is 4.76. The molecular formula is C24H22ClN3O6. The average molecular weight is 484 g/mol. The first-order valence-electron chi connectivity index (χ1n) is 10.3. The Hall–Kier alpha value is -4.11. The van der Waals surface area contributed by atoms with E-state index in [9.17, 15) is 14.9 Å². The summed E-state index contributed by atoms with van der Waals surface area (Å²) >= 11 is 5.91. The molecule has 10 heteroatoms. The van der Waals surface area contributed by atoms with Crippen molar-refractivity contribution >= 4 is 29.4 Å². The third kappa shape index (κ3) is 7.21. The van der Waals surface area contributed by atoms with Crippen LogP contribution < -0.4 is 19.6 Å². The quantitative estimate of drug-likeness (QED) is 0.239. The lowest BCUT2D eigenvalue weighted by Gasteiger charge is -2.12. The Morgan fingerprint density at radius 2 is 1.79 bits per heavy atom. The van der Waals surface area contributed by atoms with E-state index in [2.05, 4.69) is 10.5 Å². The molecule has 0 heterocycles. The van der Waals surface area contributed by atoms with Crippen molar-refractivity contribution in [2.45, 2.75) is 13.5 Å². The van der Waals surface area contributed by atoms with Crippen molar-refractivity contribution in [1.29, 1.82) is 0 Å². The molecule has 1 amide bonds. The molecule has 1 N–H and O–H groups in total. The number of ether oxygens (including phenoxy) is 3. The van der Waals surface area contributed by atoms with Gasteiger partial charge in [-0.2, -0.15) is 5.10 Å². The van der Waals surface area contributed by atoms with E-state index in [1.807, 2.05) is 19.1 Å². The number of para-hydroxylation sites is 2. The van der Waals surface area contributed by atoms with Gasteiger partial charge in [-0.05, 0) is 54.4 Å². The second-order valence-electron chi connectivity index (χ2n) is 6.86. The number of carbonyl (C=O) groups is 1. The van der Waals surface area contributed by atoms with Gasteiger partial charge in [-0.3, -0.25) is 14.9 Å². The van der Waals surface area contributed by atoms with E-state index in [4.69, 9.17) is 25.8 Å². The van der Waals surface area contributed by atoms with Crippen LogP contribution in [0.3, 0.4) is 0 Å². The molecule has 0 aliphatic carbocycles. The predicted molar refractivity (Wildman–Crippen MR) is 128 cm³/mol. The molecule has 0 unspecified atom stereocenters. The van der Waals surface area contributed by atoms with E-state index in [-0.39, 0.29) is 11.4 Å².